The van der Waals surface area contributed by atoms with Crippen molar-refractivity contribution in [2.45, 2.75) is 17.7 Å². The van der Waals surface area contributed by atoms with Gasteiger partial charge in [0.15, 0.2) is 5.96 Å². The van der Waals surface area contributed by atoms with Gasteiger partial charge in [-0.05, 0) is 38.6 Å². The van der Waals surface area contributed by atoms with Crippen LogP contribution in [0.3, 0.4) is 0 Å². The maximum absolute atomic E-state index is 4.30. The van der Waals surface area contributed by atoms with Gasteiger partial charge in [-0.3, -0.25) is 4.99 Å². The highest BCUT2D eigenvalue weighted by atomic mass is 127. The van der Waals surface area contributed by atoms with E-state index in [9.17, 15) is 0 Å². The van der Waals surface area contributed by atoms with E-state index in [0.29, 0.717) is 0 Å². The lowest BCUT2D eigenvalue weighted by Gasteiger charge is -2.32. The first-order valence-corrected chi connectivity index (χ1v) is 10.3. The minimum Gasteiger partial charge on any atom is -0.356 e. The van der Waals surface area contributed by atoms with Crippen LogP contribution in [-0.4, -0.2) is 81.4 Å². The Morgan fingerprint density at radius 2 is 1.73 bits per heavy atom. The summed E-state index contributed by atoms with van der Waals surface area (Å²) >= 11 is 1.87. The van der Waals surface area contributed by atoms with Gasteiger partial charge >= 0.3 is 0 Å². The number of aliphatic imine (C=N–C) groups is 1. The number of halogens is 1. The number of nitrogens with one attached hydrogen (secondary N) is 2. The van der Waals surface area contributed by atoms with E-state index in [1.165, 1.54) is 50.5 Å². The topological polar surface area (TPSA) is 42.9 Å². The van der Waals surface area contributed by atoms with Gasteiger partial charge in [-0.25, -0.2) is 0 Å². The fourth-order valence-electron chi connectivity index (χ4n) is 2.81. The number of piperazine rings is 1. The lowest BCUT2D eigenvalue weighted by molar-refractivity contribution is 0.152. The Balaban J connectivity index is 0.00000338. The van der Waals surface area contributed by atoms with Crippen LogP contribution in [0.1, 0.15) is 12.8 Å². The fourth-order valence-corrected chi connectivity index (χ4v) is 3.60. The molecule has 0 radical (unpaired) electrons. The van der Waals surface area contributed by atoms with Crippen molar-refractivity contribution >= 4 is 41.7 Å². The number of hydrogen-bond acceptors (Lipinski definition) is 4. The van der Waals surface area contributed by atoms with Crippen LogP contribution in [0.5, 0.6) is 0 Å². The lowest BCUT2D eigenvalue weighted by Crippen LogP contribution is -2.44. The molecule has 7 heteroatoms. The molecule has 2 N–H and O–H groups in total. The van der Waals surface area contributed by atoms with Gasteiger partial charge in [-0.1, -0.05) is 18.2 Å². The molecule has 0 aromatic heterocycles. The molecule has 1 fully saturated rings. The van der Waals surface area contributed by atoms with Crippen molar-refractivity contribution in [1.29, 1.82) is 0 Å². The molecule has 0 aliphatic carbocycles. The third kappa shape index (κ3) is 9.99. The van der Waals surface area contributed by atoms with E-state index < -0.39 is 0 Å². The predicted octanol–water partition coefficient (Wildman–Crippen LogP) is 2.59. The third-order valence-corrected chi connectivity index (χ3v) is 5.43. The van der Waals surface area contributed by atoms with E-state index in [0.717, 1.165) is 24.8 Å². The van der Waals surface area contributed by atoms with Crippen molar-refractivity contribution in [3.63, 3.8) is 0 Å². The fraction of sp³-hybridized carbons (Fsp3) is 0.632. The molecule has 0 atom stereocenters. The first-order chi connectivity index (χ1) is 12.3. The van der Waals surface area contributed by atoms with E-state index in [2.05, 4.69) is 62.8 Å². The standard InChI is InChI=1S/C19H33N5S.HI/c1-20-19(22-11-17-25-18-8-4-3-5-9-18)21-10-6-7-12-24-15-13-23(2)14-16-24;/h3-5,8-9H,6-7,10-17H2,1-2H3,(H2,20,21,22);1H. The highest BCUT2D eigenvalue weighted by molar-refractivity contribution is 14.0. The second-order valence-electron chi connectivity index (χ2n) is 6.44. The highest BCUT2D eigenvalue weighted by Crippen LogP contribution is 2.15. The Hall–Kier alpha value is -0.510. The molecule has 0 unspecified atom stereocenters. The van der Waals surface area contributed by atoms with Crippen molar-refractivity contribution in [3.8, 4) is 0 Å². The van der Waals surface area contributed by atoms with E-state index in [1.807, 2.05) is 18.8 Å². The normalized spacial score (nSPS) is 16.2. The average molecular weight is 491 g/mol. The van der Waals surface area contributed by atoms with Gasteiger partial charge in [0, 0.05) is 57.0 Å². The second kappa shape index (κ2) is 14.5. The maximum Gasteiger partial charge on any atom is 0.191 e. The molecule has 0 saturated carbocycles. The number of guanidine groups is 1. The quantitative estimate of drug-likeness (QED) is 0.183. The summed E-state index contributed by atoms with van der Waals surface area (Å²) < 4.78 is 0. The van der Waals surface area contributed by atoms with Crippen LogP contribution in [-0.2, 0) is 0 Å². The van der Waals surface area contributed by atoms with E-state index >= 15 is 0 Å². The van der Waals surface area contributed by atoms with Crippen LogP contribution in [0.15, 0.2) is 40.2 Å². The number of likely N-dealkylation sites (N-methyl/N-ethyl adjacent to an activating group) is 1. The van der Waals surface area contributed by atoms with Crippen molar-refractivity contribution in [3.05, 3.63) is 30.3 Å². The SMILES string of the molecule is CN=C(NCCCCN1CCN(C)CC1)NCCSc1ccccc1.I. The molecule has 1 aliphatic heterocycles. The first kappa shape index (κ1) is 23.5. The summed E-state index contributed by atoms with van der Waals surface area (Å²) in [5, 5.41) is 6.80. The summed E-state index contributed by atoms with van der Waals surface area (Å²) in [5.41, 5.74) is 0. The van der Waals surface area contributed by atoms with Crippen LogP contribution in [0, 0.1) is 0 Å². The van der Waals surface area contributed by atoms with Crippen molar-refractivity contribution < 1.29 is 0 Å². The van der Waals surface area contributed by atoms with Crippen molar-refractivity contribution in [1.82, 2.24) is 20.4 Å². The minimum absolute atomic E-state index is 0. The van der Waals surface area contributed by atoms with Crippen LogP contribution in [0.4, 0.5) is 0 Å². The molecule has 1 aliphatic rings. The number of hydrogen-bond donors (Lipinski definition) is 2. The Bertz CT molecular complexity index is 492. The minimum atomic E-state index is 0. The number of unbranched alkanes of at least 4 members (excludes halogenated alkanes) is 1. The van der Waals surface area contributed by atoms with Crippen molar-refractivity contribution in [2.75, 3.05) is 65.7 Å². The van der Waals surface area contributed by atoms with Gasteiger partial charge in [-0.15, -0.1) is 35.7 Å². The number of nitrogens with zero attached hydrogens (tertiary/aromatic N) is 3. The van der Waals surface area contributed by atoms with Gasteiger partial charge in [0.25, 0.3) is 0 Å². The molecular formula is C19H34IN5S. The molecule has 5 nitrogen and oxygen atoms in total. The molecule has 1 saturated heterocycles. The molecule has 1 heterocycles. The zero-order valence-electron chi connectivity index (χ0n) is 16.1. The molecule has 148 valence electrons. The van der Waals surface area contributed by atoms with Gasteiger partial charge < -0.3 is 20.4 Å². The highest BCUT2D eigenvalue weighted by Gasteiger charge is 2.12. The van der Waals surface area contributed by atoms with Gasteiger partial charge in [0.2, 0.25) is 0 Å². The van der Waals surface area contributed by atoms with Crippen LogP contribution >= 0.6 is 35.7 Å². The molecule has 0 spiro atoms. The second-order valence-corrected chi connectivity index (χ2v) is 7.61. The Labute approximate surface area is 180 Å². The van der Waals surface area contributed by atoms with E-state index in [4.69, 9.17) is 0 Å². The molecule has 2 rings (SSSR count). The summed E-state index contributed by atoms with van der Waals surface area (Å²) in [6.45, 7) is 7.96. The summed E-state index contributed by atoms with van der Waals surface area (Å²) in [5.74, 6) is 1.95. The Morgan fingerprint density at radius 3 is 2.42 bits per heavy atom. The first-order valence-electron chi connectivity index (χ1n) is 9.31. The van der Waals surface area contributed by atoms with Crippen molar-refractivity contribution in [2.24, 2.45) is 4.99 Å². The average Bonchev–Trinajstić information content (AvgIpc) is 2.65. The summed E-state index contributed by atoms with van der Waals surface area (Å²) in [6.07, 6.45) is 2.43. The van der Waals surface area contributed by atoms with Crippen LogP contribution in [0.2, 0.25) is 0 Å². The molecule has 0 bridgehead atoms. The van der Waals surface area contributed by atoms with E-state index in [1.54, 1.807) is 0 Å². The Kier molecular flexibility index (Phi) is 13.2. The molecule has 1 aromatic carbocycles. The van der Waals surface area contributed by atoms with Gasteiger partial charge in [-0.2, -0.15) is 0 Å². The Morgan fingerprint density at radius 1 is 1.04 bits per heavy atom. The largest absolute Gasteiger partial charge is 0.356 e. The number of benzene rings is 1. The monoisotopic (exact) mass is 491 g/mol. The summed E-state index contributed by atoms with van der Waals surface area (Å²) in [4.78, 5) is 10.6. The zero-order chi connectivity index (χ0) is 17.7. The molecule has 26 heavy (non-hydrogen) atoms. The number of rotatable bonds is 9. The predicted molar refractivity (Wildman–Crippen MR) is 125 cm³/mol. The summed E-state index contributed by atoms with van der Waals surface area (Å²) in [7, 11) is 4.04. The zero-order valence-corrected chi connectivity index (χ0v) is 19.3. The van der Waals surface area contributed by atoms with Crippen LogP contribution in [0.25, 0.3) is 0 Å². The third-order valence-electron chi connectivity index (χ3n) is 4.42. The molecular weight excluding hydrogens is 457 g/mol. The smallest absolute Gasteiger partial charge is 0.191 e. The maximum atomic E-state index is 4.30. The summed E-state index contributed by atoms with van der Waals surface area (Å²) in [6, 6.07) is 10.5. The van der Waals surface area contributed by atoms with Gasteiger partial charge in [0.1, 0.15) is 0 Å². The molecule has 1 aromatic rings. The molecule has 0 amide bonds. The number of thioether (sulfide) groups is 1. The lowest BCUT2D eigenvalue weighted by atomic mass is 10.2. The van der Waals surface area contributed by atoms with Gasteiger partial charge in [0.05, 0.1) is 0 Å². The van der Waals surface area contributed by atoms with Crippen LogP contribution < -0.4 is 10.6 Å². The van der Waals surface area contributed by atoms with E-state index in [-0.39, 0.29) is 24.0 Å².